The summed E-state index contributed by atoms with van der Waals surface area (Å²) in [7, 11) is 0. The van der Waals surface area contributed by atoms with Crippen molar-refractivity contribution in [3.05, 3.63) is 69.3 Å². The van der Waals surface area contributed by atoms with E-state index in [1.807, 2.05) is 13.8 Å². The maximum absolute atomic E-state index is 11.8. The zero-order valence-electron chi connectivity index (χ0n) is 14.3. The summed E-state index contributed by atoms with van der Waals surface area (Å²) < 4.78 is 5.56. The van der Waals surface area contributed by atoms with Gasteiger partial charge in [-0.1, -0.05) is 31.2 Å². The molecule has 0 spiro atoms. The van der Waals surface area contributed by atoms with Gasteiger partial charge in [0, 0.05) is 11.6 Å². The van der Waals surface area contributed by atoms with Crippen molar-refractivity contribution in [2.45, 2.75) is 32.6 Å². The topological polar surface area (TPSA) is 89.7 Å². The van der Waals surface area contributed by atoms with Crippen LogP contribution in [-0.2, 0) is 11.2 Å². The molecule has 2 rings (SSSR count). The minimum absolute atomic E-state index is 0.0580. The van der Waals surface area contributed by atoms with Gasteiger partial charge in [0.25, 0.3) is 5.69 Å². The zero-order chi connectivity index (χ0) is 18.4. The van der Waals surface area contributed by atoms with Gasteiger partial charge in [-0.05, 0) is 43.0 Å². The SMILES string of the molecule is CCCOc1ccc(C(Cc2ccccc2[N+](=O)[O-])C(=O)O)c(C)c1. The number of benzene rings is 2. The Morgan fingerprint density at radius 1 is 1.28 bits per heavy atom. The largest absolute Gasteiger partial charge is 0.494 e. The fourth-order valence-corrected chi connectivity index (χ4v) is 2.76. The first-order chi connectivity index (χ1) is 11.9. The summed E-state index contributed by atoms with van der Waals surface area (Å²) in [6.45, 7) is 4.43. The highest BCUT2D eigenvalue weighted by atomic mass is 16.6. The number of rotatable bonds is 8. The van der Waals surface area contributed by atoms with Crippen molar-refractivity contribution in [2.24, 2.45) is 0 Å². The van der Waals surface area contributed by atoms with Gasteiger partial charge in [-0.25, -0.2) is 0 Å². The summed E-state index contributed by atoms with van der Waals surface area (Å²) in [5, 5.41) is 20.8. The molecule has 0 saturated carbocycles. The summed E-state index contributed by atoms with van der Waals surface area (Å²) in [5.41, 5.74) is 1.77. The van der Waals surface area contributed by atoms with E-state index < -0.39 is 16.8 Å². The molecule has 0 heterocycles. The van der Waals surface area contributed by atoms with Crippen molar-refractivity contribution in [1.29, 1.82) is 0 Å². The molecule has 0 bridgehead atoms. The maximum Gasteiger partial charge on any atom is 0.311 e. The number of aliphatic carboxylic acids is 1. The van der Waals surface area contributed by atoms with Gasteiger partial charge in [-0.2, -0.15) is 0 Å². The second-order valence-corrected chi connectivity index (χ2v) is 5.85. The van der Waals surface area contributed by atoms with Crippen LogP contribution in [0.2, 0.25) is 0 Å². The number of carbonyl (C=O) groups is 1. The third-order valence-electron chi connectivity index (χ3n) is 4.00. The Balaban J connectivity index is 2.33. The Morgan fingerprint density at radius 2 is 2.00 bits per heavy atom. The number of aryl methyl sites for hydroxylation is 1. The van der Waals surface area contributed by atoms with Gasteiger partial charge in [-0.3, -0.25) is 14.9 Å². The van der Waals surface area contributed by atoms with Gasteiger partial charge in [0.05, 0.1) is 17.4 Å². The molecule has 0 amide bonds. The quantitative estimate of drug-likeness (QED) is 0.575. The van der Waals surface area contributed by atoms with Crippen molar-refractivity contribution in [1.82, 2.24) is 0 Å². The molecule has 2 aromatic rings. The van der Waals surface area contributed by atoms with Crippen molar-refractivity contribution in [3.8, 4) is 5.75 Å². The molecule has 2 aromatic carbocycles. The van der Waals surface area contributed by atoms with Crippen LogP contribution in [0.4, 0.5) is 5.69 Å². The zero-order valence-corrected chi connectivity index (χ0v) is 14.3. The first-order valence-electron chi connectivity index (χ1n) is 8.12. The first-order valence-corrected chi connectivity index (χ1v) is 8.12. The molecule has 25 heavy (non-hydrogen) atoms. The average molecular weight is 343 g/mol. The molecule has 6 heteroatoms. The molecular formula is C19H21NO5. The van der Waals surface area contributed by atoms with Crippen LogP contribution in [0.5, 0.6) is 5.75 Å². The van der Waals surface area contributed by atoms with E-state index in [1.165, 1.54) is 6.07 Å². The van der Waals surface area contributed by atoms with Crippen LogP contribution in [0.25, 0.3) is 0 Å². The Hall–Kier alpha value is -2.89. The molecule has 1 N–H and O–H groups in total. The van der Waals surface area contributed by atoms with Gasteiger partial charge in [0.2, 0.25) is 0 Å². The average Bonchev–Trinajstić information content (AvgIpc) is 2.58. The van der Waals surface area contributed by atoms with E-state index in [4.69, 9.17) is 4.74 Å². The summed E-state index contributed by atoms with van der Waals surface area (Å²) in [4.78, 5) is 22.5. The van der Waals surface area contributed by atoms with Gasteiger partial charge < -0.3 is 9.84 Å². The predicted molar refractivity (Wildman–Crippen MR) is 94.1 cm³/mol. The molecule has 6 nitrogen and oxygen atoms in total. The van der Waals surface area contributed by atoms with E-state index >= 15 is 0 Å². The van der Waals surface area contributed by atoms with E-state index in [9.17, 15) is 20.0 Å². The molecule has 0 aliphatic heterocycles. The number of ether oxygens (including phenoxy) is 1. The molecule has 0 aromatic heterocycles. The van der Waals surface area contributed by atoms with Crippen molar-refractivity contribution in [2.75, 3.05) is 6.61 Å². The lowest BCUT2D eigenvalue weighted by molar-refractivity contribution is -0.385. The summed E-state index contributed by atoms with van der Waals surface area (Å²) >= 11 is 0. The Bertz CT molecular complexity index is 772. The third-order valence-corrected chi connectivity index (χ3v) is 4.00. The van der Waals surface area contributed by atoms with Gasteiger partial charge in [0.1, 0.15) is 5.75 Å². The molecule has 0 aliphatic rings. The highest BCUT2D eigenvalue weighted by molar-refractivity contribution is 5.77. The van der Waals surface area contributed by atoms with Crippen LogP contribution in [0, 0.1) is 17.0 Å². The molecule has 1 atom stereocenters. The standard InChI is InChI=1S/C19H21NO5/c1-3-10-25-15-8-9-16(13(2)11-15)17(19(21)22)12-14-6-4-5-7-18(14)20(23)24/h4-9,11,17H,3,10,12H2,1-2H3,(H,21,22). The summed E-state index contributed by atoms with van der Waals surface area (Å²) in [5.74, 6) is -1.18. The Labute approximate surface area is 146 Å². The lowest BCUT2D eigenvalue weighted by Gasteiger charge is -2.17. The Morgan fingerprint density at radius 3 is 2.60 bits per heavy atom. The third kappa shape index (κ3) is 4.56. The molecular weight excluding hydrogens is 322 g/mol. The summed E-state index contributed by atoms with van der Waals surface area (Å²) in [6.07, 6.45) is 0.943. The molecule has 132 valence electrons. The van der Waals surface area contributed by atoms with E-state index in [0.29, 0.717) is 23.5 Å². The van der Waals surface area contributed by atoms with Crippen LogP contribution < -0.4 is 4.74 Å². The molecule has 0 saturated heterocycles. The number of hydrogen-bond acceptors (Lipinski definition) is 4. The second-order valence-electron chi connectivity index (χ2n) is 5.85. The van der Waals surface area contributed by atoms with Crippen LogP contribution in [-0.4, -0.2) is 22.6 Å². The second kappa shape index (κ2) is 8.28. The number of carboxylic acids is 1. The highest BCUT2D eigenvalue weighted by Gasteiger charge is 2.25. The first kappa shape index (κ1) is 18.4. The smallest absolute Gasteiger partial charge is 0.311 e. The molecule has 1 unspecified atom stereocenters. The lowest BCUT2D eigenvalue weighted by Crippen LogP contribution is -2.16. The predicted octanol–water partition coefficient (Wildman–Crippen LogP) is 4.10. The van der Waals surface area contributed by atoms with E-state index in [2.05, 4.69) is 0 Å². The van der Waals surface area contributed by atoms with Crippen molar-refractivity contribution < 1.29 is 19.6 Å². The maximum atomic E-state index is 11.8. The normalized spacial score (nSPS) is 11.8. The summed E-state index contributed by atoms with van der Waals surface area (Å²) in [6, 6.07) is 11.5. The number of nitro benzene ring substituents is 1. The van der Waals surface area contributed by atoms with Crippen LogP contribution in [0.1, 0.15) is 36.0 Å². The minimum atomic E-state index is -1.01. The van der Waals surface area contributed by atoms with Crippen molar-refractivity contribution in [3.63, 3.8) is 0 Å². The minimum Gasteiger partial charge on any atom is -0.494 e. The van der Waals surface area contributed by atoms with Gasteiger partial charge >= 0.3 is 5.97 Å². The lowest BCUT2D eigenvalue weighted by atomic mass is 9.88. The monoisotopic (exact) mass is 343 g/mol. The number of carboxylic acid groups (broad SMARTS) is 1. The van der Waals surface area contributed by atoms with E-state index in [1.54, 1.807) is 36.4 Å². The number of nitro groups is 1. The fraction of sp³-hybridized carbons (Fsp3) is 0.316. The fourth-order valence-electron chi connectivity index (χ4n) is 2.76. The Kier molecular flexibility index (Phi) is 6.11. The number of nitrogens with zero attached hydrogens (tertiary/aromatic N) is 1. The highest BCUT2D eigenvalue weighted by Crippen LogP contribution is 2.30. The van der Waals surface area contributed by atoms with Crippen LogP contribution >= 0.6 is 0 Å². The number of para-hydroxylation sites is 1. The number of hydrogen-bond donors (Lipinski definition) is 1. The molecule has 0 radical (unpaired) electrons. The van der Waals surface area contributed by atoms with Gasteiger partial charge in [0.15, 0.2) is 0 Å². The molecule has 0 fully saturated rings. The van der Waals surface area contributed by atoms with Crippen LogP contribution in [0.3, 0.4) is 0 Å². The van der Waals surface area contributed by atoms with Gasteiger partial charge in [-0.15, -0.1) is 0 Å². The van der Waals surface area contributed by atoms with Crippen molar-refractivity contribution >= 4 is 11.7 Å². The molecule has 0 aliphatic carbocycles. The van der Waals surface area contributed by atoms with Crippen LogP contribution in [0.15, 0.2) is 42.5 Å². The van der Waals surface area contributed by atoms with E-state index in [-0.39, 0.29) is 12.1 Å². The van der Waals surface area contributed by atoms with E-state index in [0.717, 1.165) is 12.0 Å².